The van der Waals surface area contributed by atoms with Crippen LogP contribution < -0.4 is 10.5 Å². The molecule has 1 aromatic carbocycles. The maximum atomic E-state index is 12.0. The third-order valence-electron chi connectivity index (χ3n) is 2.62. The fraction of sp³-hybridized carbons (Fsp3) is 0.0769. The Morgan fingerprint density at radius 1 is 1.20 bits per heavy atom. The van der Waals surface area contributed by atoms with Crippen molar-refractivity contribution in [1.82, 2.24) is 9.71 Å². The van der Waals surface area contributed by atoms with Crippen LogP contribution in [-0.2, 0) is 16.6 Å². The van der Waals surface area contributed by atoms with E-state index in [9.17, 15) is 13.2 Å². The second-order valence-corrected chi connectivity index (χ2v) is 5.71. The summed E-state index contributed by atoms with van der Waals surface area (Å²) in [6.07, 6.45) is 2.79. The van der Waals surface area contributed by atoms with Crippen molar-refractivity contribution in [2.75, 3.05) is 0 Å². The average Bonchev–Trinajstić information content (AvgIpc) is 2.48. The van der Waals surface area contributed by atoms with E-state index in [2.05, 4.69) is 4.98 Å². The summed E-state index contributed by atoms with van der Waals surface area (Å²) in [6, 6.07) is 9.04. The Labute approximate surface area is 116 Å². The van der Waals surface area contributed by atoms with Crippen LogP contribution in [0, 0.1) is 0 Å². The highest BCUT2D eigenvalue weighted by atomic mass is 32.2. The lowest BCUT2D eigenvalue weighted by Gasteiger charge is -2.07. The number of carbonyl (C=O) groups is 1. The number of hydrogen-bond acceptors (Lipinski definition) is 5. The topological polar surface area (TPSA) is 102 Å². The molecule has 0 aliphatic rings. The fourth-order valence-corrected chi connectivity index (χ4v) is 2.52. The summed E-state index contributed by atoms with van der Waals surface area (Å²) < 4.78 is 26.1. The van der Waals surface area contributed by atoms with Gasteiger partial charge in [0.15, 0.2) is 0 Å². The number of aromatic nitrogens is 1. The lowest BCUT2D eigenvalue weighted by Crippen LogP contribution is -2.30. The summed E-state index contributed by atoms with van der Waals surface area (Å²) in [5.74, 6) is -0.721. The fourth-order valence-electron chi connectivity index (χ4n) is 1.54. The minimum Gasteiger partial charge on any atom is -0.326 e. The van der Waals surface area contributed by atoms with Gasteiger partial charge in [-0.25, -0.2) is 13.1 Å². The van der Waals surface area contributed by atoms with Crippen molar-refractivity contribution in [3.8, 4) is 0 Å². The van der Waals surface area contributed by atoms with Crippen LogP contribution in [0.3, 0.4) is 0 Å². The molecule has 6 nitrogen and oxygen atoms in total. The first-order chi connectivity index (χ1) is 9.53. The standard InChI is InChI=1S/C13H13N3O3S/c14-8-10-3-5-12(6-4-10)20(18,19)16-13(17)11-2-1-7-15-9-11/h1-7,9H,8,14H2,(H,16,17). The van der Waals surface area contributed by atoms with Gasteiger partial charge in [-0.3, -0.25) is 9.78 Å². The average molecular weight is 291 g/mol. The number of nitrogens with two attached hydrogens (primary N) is 1. The number of rotatable bonds is 4. The van der Waals surface area contributed by atoms with E-state index < -0.39 is 15.9 Å². The molecule has 0 radical (unpaired) electrons. The SMILES string of the molecule is NCc1ccc(S(=O)(=O)NC(=O)c2cccnc2)cc1. The molecule has 1 amide bonds. The van der Waals surface area contributed by atoms with Gasteiger partial charge in [-0.05, 0) is 29.8 Å². The molecule has 104 valence electrons. The molecule has 2 aromatic rings. The second-order valence-electron chi connectivity index (χ2n) is 4.02. The molecule has 1 aromatic heterocycles. The Hall–Kier alpha value is -2.25. The Morgan fingerprint density at radius 2 is 1.90 bits per heavy atom. The molecule has 2 rings (SSSR count). The highest BCUT2D eigenvalue weighted by molar-refractivity contribution is 7.90. The first-order valence-electron chi connectivity index (χ1n) is 5.79. The van der Waals surface area contributed by atoms with E-state index in [1.807, 2.05) is 4.72 Å². The van der Waals surface area contributed by atoms with Crippen LogP contribution in [0.4, 0.5) is 0 Å². The number of carbonyl (C=O) groups excluding carboxylic acids is 1. The van der Waals surface area contributed by atoms with Crippen molar-refractivity contribution in [3.05, 3.63) is 59.9 Å². The van der Waals surface area contributed by atoms with E-state index in [0.29, 0.717) is 6.54 Å². The number of benzene rings is 1. The Kier molecular flexibility index (Phi) is 4.11. The molecule has 1 heterocycles. The van der Waals surface area contributed by atoms with Gasteiger partial charge in [0.05, 0.1) is 10.5 Å². The van der Waals surface area contributed by atoms with Gasteiger partial charge in [0.1, 0.15) is 0 Å². The molecular weight excluding hydrogens is 278 g/mol. The zero-order chi connectivity index (χ0) is 14.6. The summed E-state index contributed by atoms with van der Waals surface area (Å²) in [5.41, 5.74) is 6.42. The highest BCUT2D eigenvalue weighted by Crippen LogP contribution is 2.11. The molecule has 0 unspecified atom stereocenters. The van der Waals surface area contributed by atoms with Crippen LogP contribution in [-0.4, -0.2) is 19.3 Å². The molecule has 7 heteroatoms. The first kappa shape index (κ1) is 14.2. The predicted molar refractivity (Wildman–Crippen MR) is 73.2 cm³/mol. The second kappa shape index (κ2) is 5.81. The number of pyridine rings is 1. The normalized spacial score (nSPS) is 11.1. The molecule has 0 aliphatic carbocycles. The third kappa shape index (κ3) is 3.19. The quantitative estimate of drug-likeness (QED) is 0.861. The van der Waals surface area contributed by atoms with Crippen LogP contribution in [0.5, 0.6) is 0 Å². The summed E-state index contributed by atoms with van der Waals surface area (Å²) in [4.78, 5) is 15.6. The van der Waals surface area contributed by atoms with E-state index in [4.69, 9.17) is 5.73 Å². The van der Waals surface area contributed by atoms with Crippen molar-refractivity contribution >= 4 is 15.9 Å². The van der Waals surface area contributed by atoms with Crippen molar-refractivity contribution in [3.63, 3.8) is 0 Å². The van der Waals surface area contributed by atoms with Crippen molar-refractivity contribution in [2.45, 2.75) is 11.4 Å². The zero-order valence-corrected chi connectivity index (χ0v) is 11.3. The van der Waals surface area contributed by atoms with E-state index in [1.165, 1.54) is 30.6 Å². The first-order valence-corrected chi connectivity index (χ1v) is 7.27. The summed E-state index contributed by atoms with van der Waals surface area (Å²) in [5, 5.41) is 0. The van der Waals surface area contributed by atoms with Crippen LogP contribution >= 0.6 is 0 Å². The molecule has 0 bridgehead atoms. The minimum absolute atomic E-state index is 0.00643. The van der Waals surface area contributed by atoms with E-state index in [1.54, 1.807) is 18.2 Å². The number of sulfonamides is 1. The lowest BCUT2D eigenvalue weighted by molar-refractivity contribution is 0.0981. The molecule has 20 heavy (non-hydrogen) atoms. The van der Waals surface area contributed by atoms with Crippen LogP contribution in [0.2, 0.25) is 0 Å². The number of hydrogen-bond donors (Lipinski definition) is 2. The van der Waals surface area contributed by atoms with Crippen molar-refractivity contribution in [1.29, 1.82) is 0 Å². The Balaban J connectivity index is 2.20. The molecule has 0 atom stereocenters. The van der Waals surface area contributed by atoms with Gasteiger partial charge in [0, 0.05) is 18.9 Å². The summed E-state index contributed by atoms with van der Waals surface area (Å²) in [7, 11) is -3.90. The maximum absolute atomic E-state index is 12.0. The number of nitrogens with zero attached hydrogens (tertiary/aromatic N) is 1. The van der Waals surface area contributed by atoms with Gasteiger partial charge in [0.25, 0.3) is 15.9 Å². The van der Waals surface area contributed by atoms with Crippen molar-refractivity contribution < 1.29 is 13.2 Å². The Bertz CT molecular complexity index is 697. The van der Waals surface area contributed by atoms with Crippen LogP contribution in [0.1, 0.15) is 15.9 Å². The summed E-state index contributed by atoms with van der Waals surface area (Å²) >= 11 is 0. The molecule has 0 aliphatic heterocycles. The predicted octanol–water partition coefficient (Wildman–Crippen LogP) is 0.659. The molecule has 0 fully saturated rings. The largest absolute Gasteiger partial charge is 0.326 e. The smallest absolute Gasteiger partial charge is 0.266 e. The molecule has 0 spiro atoms. The zero-order valence-electron chi connectivity index (χ0n) is 10.5. The number of amides is 1. The molecule has 3 N–H and O–H groups in total. The van der Waals surface area contributed by atoms with Gasteiger partial charge >= 0.3 is 0 Å². The van der Waals surface area contributed by atoms with Gasteiger partial charge in [-0.1, -0.05) is 12.1 Å². The van der Waals surface area contributed by atoms with Crippen LogP contribution in [0.25, 0.3) is 0 Å². The van der Waals surface area contributed by atoms with Gasteiger partial charge in [-0.15, -0.1) is 0 Å². The number of nitrogens with one attached hydrogen (secondary N) is 1. The maximum Gasteiger partial charge on any atom is 0.266 e. The van der Waals surface area contributed by atoms with Gasteiger partial charge in [-0.2, -0.15) is 0 Å². The minimum atomic E-state index is -3.90. The lowest BCUT2D eigenvalue weighted by atomic mass is 10.2. The van der Waals surface area contributed by atoms with Crippen LogP contribution in [0.15, 0.2) is 53.7 Å². The van der Waals surface area contributed by atoms with E-state index in [0.717, 1.165) is 5.56 Å². The highest BCUT2D eigenvalue weighted by Gasteiger charge is 2.18. The van der Waals surface area contributed by atoms with Gasteiger partial charge in [0.2, 0.25) is 0 Å². The third-order valence-corrected chi connectivity index (χ3v) is 3.97. The molecule has 0 saturated heterocycles. The summed E-state index contributed by atoms with van der Waals surface area (Å²) in [6.45, 7) is 0.322. The Morgan fingerprint density at radius 3 is 2.45 bits per heavy atom. The molecule has 0 saturated carbocycles. The van der Waals surface area contributed by atoms with E-state index >= 15 is 0 Å². The van der Waals surface area contributed by atoms with Crippen molar-refractivity contribution in [2.24, 2.45) is 5.73 Å². The van der Waals surface area contributed by atoms with Gasteiger partial charge < -0.3 is 5.73 Å². The van der Waals surface area contributed by atoms with E-state index in [-0.39, 0.29) is 10.5 Å². The monoisotopic (exact) mass is 291 g/mol. The molecular formula is C13H13N3O3S.